The van der Waals surface area contributed by atoms with Gasteiger partial charge < -0.3 is 16.0 Å². The highest BCUT2D eigenvalue weighted by Gasteiger charge is 2.32. The number of fused-ring (bicyclic) bond motifs is 2. The van der Waals surface area contributed by atoms with Gasteiger partial charge >= 0.3 is 6.18 Å². The number of rotatable bonds is 5. The van der Waals surface area contributed by atoms with Gasteiger partial charge in [0.2, 0.25) is 0 Å². The molecule has 0 spiro atoms. The summed E-state index contributed by atoms with van der Waals surface area (Å²) >= 11 is 2.50. The van der Waals surface area contributed by atoms with Crippen molar-refractivity contribution in [3.63, 3.8) is 0 Å². The number of hydrogen-bond donors (Lipinski definition) is 2. The van der Waals surface area contributed by atoms with Gasteiger partial charge in [-0.25, -0.2) is 22.8 Å². The maximum absolute atomic E-state index is 13.7. The molecule has 6 aromatic rings. The number of amides is 1. The number of aryl methyl sites for hydroxylation is 1. The Morgan fingerprint density at radius 1 is 0.864 bits per heavy atom. The normalized spacial score (nSPS) is 12.0. The quantitative estimate of drug-likeness (QED) is 0.141. The van der Waals surface area contributed by atoms with E-state index in [9.17, 15) is 35.3 Å². The van der Waals surface area contributed by atoms with Gasteiger partial charge in [0.15, 0.2) is 0 Å². The van der Waals surface area contributed by atoms with E-state index in [4.69, 9.17) is 0 Å². The first-order valence-electron chi connectivity index (χ1n) is 12.3. The predicted molar refractivity (Wildman–Crippen MR) is 162 cm³/mol. The molecule has 2 heterocycles. The summed E-state index contributed by atoms with van der Waals surface area (Å²) in [6.45, 7) is 1.56. The highest BCUT2D eigenvalue weighted by Crippen LogP contribution is 2.38. The van der Waals surface area contributed by atoms with Gasteiger partial charge in [-0.1, -0.05) is 6.07 Å². The maximum Gasteiger partial charge on any atom is 0.416 e. The number of halogens is 4. The van der Waals surface area contributed by atoms with E-state index in [1.165, 1.54) is 11.3 Å². The molecule has 0 bridgehead atoms. The van der Waals surface area contributed by atoms with E-state index in [0.717, 1.165) is 27.7 Å². The van der Waals surface area contributed by atoms with Crippen LogP contribution < -0.4 is 11.5 Å². The van der Waals surface area contributed by atoms with Gasteiger partial charge in [-0.2, -0.15) is 13.2 Å². The maximum atomic E-state index is 13.7. The summed E-state index contributed by atoms with van der Waals surface area (Å²) in [6.07, 6.45) is -4.80. The third kappa shape index (κ3) is 6.05. The Morgan fingerprint density at radius 2 is 1.50 bits per heavy atom. The van der Waals surface area contributed by atoms with Crippen molar-refractivity contribution in [3.05, 3.63) is 95.3 Å². The first-order valence-corrected chi connectivity index (χ1v) is 15.4. The molecule has 0 aliphatic heterocycles. The summed E-state index contributed by atoms with van der Waals surface area (Å²) in [5, 5.41) is 3.67. The second-order valence-corrected chi connectivity index (χ2v) is 12.8. The standard InChI is InChI=1S/C29H17F4N3O4S3.H3N/c1-14-2-8-22-24(25(14)43(38,39)40)42-28(36-22)16-5-9-21-23(12-16)41-27(35-21)15-3-6-20(7-4-15)34-26(37)17-10-18(29(31,32)33)13-19(30)11-17;/h2-13H,1H3,(H,34,37)(H,38,39,40);1H3. The molecule has 226 valence electrons. The van der Waals surface area contributed by atoms with Crippen molar-refractivity contribution in [2.24, 2.45) is 0 Å². The molecule has 0 atom stereocenters. The largest absolute Gasteiger partial charge is 0.744 e. The lowest BCUT2D eigenvalue weighted by molar-refractivity contribution is -0.137. The second kappa shape index (κ2) is 11.3. The molecule has 6 rings (SSSR count). The smallest absolute Gasteiger partial charge is 0.416 e. The molecule has 0 unspecified atom stereocenters. The van der Waals surface area contributed by atoms with E-state index >= 15 is 0 Å². The monoisotopic (exact) mass is 660 g/mol. The third-order valence-corrected chi connectivity index (χ3v) is 9.83. The summed E-state index contributed by atoms with van der Waals surface area (Å²) in [6, 6.07) is 16.8. The van der Waals surface area contributed by atoms with E-state index in [0.29, 0.717) is 54.7 Å². The van der Waals surface area contributed by atoms with Crippen molar-refractivity contribution in [3.8, 4) is 21.1 Å². The van der Waals surface area contributed by atoms with Crippen LogP contribution in [0.2, 0.25) is 0 Å². The number of alkyl halides is 3. The molecule has 0 saturated heterocycles. The number of carbonyl (C=O) groups is 1. The lowest BCUT2D eigenvalue weighted by Crippen LogP contribution is -2.14. The Kier molecular flexibility index (Phi) is 8.02. The van der Waals surface area contributed by atoms with Gasteiger partial charge in [-0.3, -0.25) is 4.79 Å². The minimum Gasteiger partial charge on any atom is -0.744 e. The fraction of sp³-hybridized carbons (Fsp3) is 0.0690. The number of anilines is 1. The first kappa shape index (κ1) is 31.2. The third-order valence-electron chi connectivity index (χ3n) is 6.47. The van der Waals surface area contributed by atoms with Crippen molar-refractivity contribution in [1.29, 1.82) is 0 Å². The lowest BCUT2D eigenvalue weighted by Gasteiger charge is -2.10. The van der Waals surface area contributed by atoms with Crippen molar-refractivity contribution in [2.45, 2.75) is 18.0 Å². The van der Waals surface area contributed by atoms with Crippen LogP contribution in [0.4, 0.5) is 23.2 Å². The molecule has 0 saturated carbocycles. The lowest BCUT2D eigenvalue weighted by atomic mass is 10.1. The first-order chi connectivity index (χ1) is 20.3. The van der Waals surface area contributed by atoms with Crippen LogP contribution in [0.3, 0.4) is 0 Å². The summed E-state index contributed by atoms with van der Waals surface area (Å²) in [7, 11) is -4.69. The van der Waals surface area contributed by atoms with Crippen molar-refractivity contribution in [1.82, 2.24) is 16.1 Å². The summed E-state index contributed by atoms with van der Waals surface area (Å²) in [4.78, 5) is 21.4. The number of thiazole rings is 2. The van der Waals surface area contributed by atoms with Gasteiger partial charge in [0.05, 0.1) is 30.9 Å². The Hall–Kier alpha value is -4.28. The van der Waals surface area contributed by atoms with E-state index in [1.807, 2.05) is 6.07 Å². The van der Waals surface area contributed by atoms with Crippen LogP contribution in [0, 0.1) is 12.7 Å². The van der Waals surface area contributed by atoms with Gasteiger partial charge in [0.25, 0.3) is 5.91 Å². The van der Waals surface area contributed by atoms with Crippen molar-refractivity contribution >= 4 is 64.8 Å². The van der Waals surface area contributed by atoms with E-state index in [-0.39, 0.29) is 11.0 Å². The van der Waals surface area contributed by atoms with Gasteiger partial charge in [0.1, 0.15) is 26.0 Å². The van der Waals surface area contributed by atoms with Crippen LogP contribution in [-0.2, 0) is 16.3 Å². The molecule has 2 aromatic heterocycles. The molecule has 0 aliphatic rings. The Morgan fingerprint density at radius 3 is 2.18 bits per heavy atom. The molecular weight excluding hydrogens is 641 g/mol. The van der Waals surface area contributed by atoms with E-state index in [1.54, 1.807) is 55.5 Å². The molecule has 1 amide bonds. The zero-order valence-corrected chi connectivity index (χ0v) is 25.1. The fourth-order valence-electron chi connectivity index (χ4n) is 4.47. The molecule has 0 radical (unpaired) electrons. The number of nitrogens with zero attached hydrogens (tertiary/aromatic N) is 2. The summed E-state index contributed by atoms with van der Waals surface area (Å²) in [5.74, 6) is -2.07. The van der Waals surface area contributed by atoms with E-state index in [2.05, 4.69) is 15.3 Å². The topological polar surface area (TPSA) is 149 Å². The van der Waals surface area contributed by atoms with Crippen molar-refractivity contribution < 1.29 is 35.3 Å². The van der Waals surface area contributed by atoms with Crippen LogP contribution in [0.5, 0.6) is 0 Å². The zero-order valence-electron chi connectivity index (χ0n) is 22.7. The summed E-state index contributed by atoms with van der Waals surface area (Å²) < 4.78 is 89.4. The molecule has 4 aromatic carbocycles. The number of benzene rings is 4. The molecule has 44 heavy (non-hydrogen) atoms. The molecular formula is C29H20F4N4O4S3. The minimum atomic E-state index is -4.80. The van der Waals surface area contributed by atoms with Crippen molar-refractivity contribution in [2.75, 3.05) is 5.32 Å². The molecule has 5 N–H and O–H groups in total. The Labute approximate surface area is 255 Å². The van der Waals surface area contributed by atoms with Crippen LogP contribution in [-0.4, -0.2) is 28.8 Å². The highest BCUT2D eigenvalue weighted by molar-refractivity contribution is 7.86. The number of aromatic nitrogens is 2. The van der Waals surface area contributed by atoms with Crippen LogP contribution in [0.25, 0.3) is 41.6 Å². The minimum absolute atomic E-state index is 0. The average Bonchev–Trinajstić information content (AvgIpc) is 3.55. The number of hydrogen-bond acceptors (Lipinski definition) is 8. The number of quaternary nitrogens is 1. The number of carbonyl (C=O) groups excluding carboxylic acids is 1. The van der Waals surface area contributed by atoms with E-state index < -0.39 is 39.1 Å². The number of nitrogens with one attached hydrogen (secondary N) is 1. The zero-order chi connectivity index (χ0) is 30.7. The predicted octanol–water partition coefficient (Wildman–Crippen LogP) is 8.24. The molecule has 0 aliphatic carbocycles. The molecule has 15 heteroatoms. The Balaban J connectivity index is 0.00000384. The Bertz CT molecular complexity index is 2180. The fourth-order valence-corrected chi connectivity index (χ4v) is 7.76. The molecule has 8 nitrogen and oxygen atoms in total. The average molecular weight is 661 g/mol. The highest BCUT2D eigenvalue weighted by atomic mass is 32.2. The van der Waals surface area contributed by atoms with Crippen LogP contribution in [0.1, 0.15) is 21.5 Å². The van der Waals surface area contributed by atoms with Crippen LogP contribution >= 0.6 is 22.7 Å². The second-order valence-electron chi connectivity index (χ2n) is 9.49. The van der Waals surface area contributed by atoms with Gasteiger partial charge in [-0.05, 0) is 79.2 Å². The van der Waals surface area contributed by atoms with Gasteiger partial charge in [-0.15, -0.1) is 22.7 Å². The SMILES string of the molecule is Cc1ccc2nc(-c3ccc4nc(-c5ccc(NC(=O)c6cc(F)cc(C(F)(F)F)c6)cc5)sc4c3)sc2c1S(=O)(=O)[O-].[NH4+]. The van der Waals surface area contributed by atoms with Gasteiger partial charge in [0, 0.05) is 22.4 Å². The molecule has 0 fully saturated rings. The summed E-state index contributed by atoms with van der Waals surface area (Å²) in [5.41, 5.74) is 1.48. The van der Waals surface area contributed by atoms with Crippen LogP contribution in [0.15, 0.2) is 77.7 Å².